The van der Waals surface area contributed by atoms with Crippen LogP contribution in [0.1, 0.15) is 31.9 Å². The van der Waals surface area contributed by atoms with E-state index in [4.69, 9.17) is 9.84 Å². The van der Waals surface area contributed by atoms with Gasteiger partial charge < -0.3 is 20.1 Å². The summed E-state index contributed by atoms with van der Waals surface area (Å²) in [7, 11) is 0. The summed E-state index contributed by atoms with van der Waals surface area (Å²) in [5.74, 6) is -0.993. The minimum Gasteiger partial charge on any atom is -0.482 e. The molecule has 2 rings (SSSR count). The molecular weight excluding hydrogens is 312 g/mol. The maximum atomic E-state index is 12.3. The molecule has 2 amide bonds. The van der Waals surface area contributed by atoms with Gasteiger partial charge in [-0.25, -0.2) is 4.79 Å². The molecule has 0 spiro atoms. The molecule has 24 heavy (non-hydrogen) atoms. The van der Waals surface area contributed by atoms with Crippen LogP contribution in [0.25, 0.3) is 0 Å². The van der Waals surface area contributed by atoms with E-state index in [1.807, 2.05) is 13.8 Å². The molecule has 7 nitrogen and oxygen atoms in total. The largest absolute Gasteiger partial charge is 0.482 e. The smallest absolute Gasteiger partial charge is 0.341 e. The van der Waals surface area contributed by atoms with Crippen molar-refractivity contribution in [3.05, 3.63) is 29.8 Å². The van der Waals surface area contributed by atoms with Crippen molar-refractivity contribution < 1.29 is 24.2 Å². The molecule has 2 atom stereocenters. The number of hydrogen-bond donors (Lipinski definition) is 2. The lowest BCUT2D eigenvalue weighted by Crippen LogP contribution is -2.34. The number of ether oxygens (including phenoxy) is 1. The van der Waals surface area contributed by atoms with Crippen molar-refractivity contribution >= 4 is 17.8 Å². The van der Waals surface area contributed by atoms with Crippen LogP contribution in [0, 0.1) is 5.92 Å². The van der Waals surface area contributed by atoms with Gasteiger partial charge in [0.05, 0.1) is 12.0 Å². The van der Waals surface area contributed by atoms with Crippen LogP contribution in [0.3, 0.4) is 0 Å². The third-order valence-electron chi connectivity index (χ3n) is 4.07. The van der Waals surface area contributed by atoms with Crippen LogP contribution in [-0.2, 0) is 14.4 Å². The second-order valence-corrected chi connectivity index (χ2v) is 5.82. The molecule has 0 saturated carbocycles. The van der Waals surface area contributed by atoms with Crippen LogP contribution in [0.4, 0.5) is 0 Å². The molecule has 2 N–H and O–H groups in total. The molecule has 0 radical (unpaired) electrons. The quantitative estimate of drug-likeness (QED) is 0.781. The molecule has 0 aliphatic carbocycles. The molecular formula is C17H22N2O5. The molecule has 2 unspecified atom stereocenters. The van der Waals surface area contributed by atoms with E-state index in [-0.39, 0.29) is 30.2 Å². The minimum absolute atomic E-state index is 0.0187. The number of nitrogens with zero attached hydrogens (tertiary/aromatic N) is 1. The number of rotatable bonds is 7. The van der Waals surface area contributed by atoms with Crippen LogP contribution in [0.5, 0.6) is 5.75 Å². The lowest BCUT2D eigenvalue weighted by atomic mass is 10.0. The van der Waals surface area contributed by atoms with Crippen molar-refractivity contribution in [1.82, 2.24) is 10.2 Å². The Morgan fingerprint density at radius 3 is 2.58 bits per heavy atom. The standard InChI is InChI=1S/C17H22N2O5/c1-3-19-9-13(8-15(19)20)17(23)18-11(2)12-4-6-14(7-5-12)24-10-16(21)22/h4-7,11,13H,3,8-10H2,1-2H3,(H,18,23)(H,21,22). The highest BCUT2D eigenvalue weighted by atomic mass is 16.5. The van der Waals surface area contributed by atoms with Crippen LogP contribution in [-0.4, -0.2) is 47.5 Å². The van der Waals surface area contributed by atoms with Crippen molar-refractivity contribution in [2.24, 2.45) is 5.92 Å². The third-order valence-corrected chi connectivity index (χ3v) is 4.07. The summed E-state index contributed by atoms with van der Waals surface area (Å²) in [6, 6.07) is 6.68. The second-order valence-electron chi connectivity index (χ2n) is 5.82. The first-order valence-corrected chi connectivity index (χ1v) is 7.93. The highest BCUT2D eigenvalue weighted by Crippen LogP contribution is 2.21. The monoisotopic (exact) mass is 334 g/mol. The predicted molar refractivity (Wildman–Crippen MR) is 86.5 cm³/mol. The molecule has 1 saturated heterocycles. The number of carboxylic acids is 1. The van der Waals surface area contributed by atoms with Gasteiger partial charge in [-0.15, -0.1) is 0 Å². The number of carboxylic acid groups (broad SMARTS) is 1. The Bertz CT molecular complexity index is 614. The summed E-state index contributed by atoms with van der Waals surface area (Å²) in [5.41, 5.74) is 0.877. The van der Waals surface area contributed by atoms with Gasteiger partial charge in [0.15, 0.2) is 6.61 Å². The summed E-state index contributed by atoms with van der Waals surface area (Å²) in [6.45, 7) is 4.45. The van der Waals surface area contributed by atoms with Gasteiger partial charge in [-0.1, -0.05) is 12.1 Å². The Morgan fingerprint density at radius 1 is 1.38 bits per heavy atom. The Balaban J connectivity index is 1.90. The van der Waals surface area contributed by atoms with E-state index >= 15 is 0 Å². The fraction of sp³-hybridized carbons (Fsp3) is 0.471. The van der Waals surface area contributed by atoms with E-state index in [2.05, 4.69) is 5.32 Å². The SMILES string of the molecule is CCN1CC(C(=O)NC(C)c2ccc(OCC(=O)O)cc2)CC1=O. The van der Waals surface area contributed by atoms with Gasteiger partial charge in [-0.2, -0.15) is 0 Å². The minimum atomic E-state index is -1.04. The summed E-state index contributed by atoms with van der Waals surface area (Å²) in [4.78, 5) is 36.2. The summed E-state index contributed by atoms with van der Waals surface area (Å²) >= 11 is 0. The summed E-state index contributed by atoms with van der Waals surface area (Å²) < 4.78 is 5.07. The first kappa shape index (κ1) is 17.8. The first-order valence-electron chi connectivity index (χ1n) is 7.93. The summed E-state index contributed by atoms with van der Waals surface area (Å²) in [6.07, 6.45) is 0.258. The number of aliphatic carboxylic acids is 1. The molecule has 1 heterocycles. The van der Waals surface area contributed by atoms with Crippen LogP contribution < -0.4 is 10.1 Å². The van der Waals surface area contributed by atoms with E-state index < -0.39 is 12.6 Å². The highest BCUT2D eigenvalue weighted by molar-refractivity contribution is 5.89. The van der Waals surface area contributed by atoms with Crippen molar-refractivity contribution in [2.45, 2.75) is 26.3 Å². The molecule has 1 aromatic carbocycles. The van der Waals surface area contributed by atoms with Gasteiger partial charge in [0.1, 0.15) is 5.75 Å². The van der Waals surface area contributed by atoms with Crippen LogP contribution >= 0.6 is 0 Å². The topological polar surface area (TPSA) is 95.9 Å². The molecule has 7 heteroatoms. The lowest BCUT2D eigenvalue weighted by molar-refractivity contribution is -0.139. The van der Waals surface area contributed by atoms with Gasteiger partial charge in [-0.3, -0.25) is 9.59 Å². The fourth-order valence-electron chi connectivity index (χ4n) is 2.67. The van der Waals surface area contributed by atoms with Crippen LogP contribution in [0.15, 0.2) is 24.3 Å². The molecule has 1 aliphatic rings. The van der Waals surface area contributed by atoms with Crippen molar-refractivity contribution in [1.29, 1.82) is 0 Å². The Kier molecular flexibility index (Phi) is 5.78. The normalized spacial score (nSPS) is 18.3. The zero-order chi connectivity index (χ0) is 17.7. The maximum absolute atomic E-state index is 12.3. The van der Waals surface area contributed by atoms with E-state index in [0.29, 0.717) is 18.8 Å². The number of carbonyl (C=O) groups excluding carboxylic acids is 2. The Morgan fingerprint density at radius 2 is 2.04 bits per heavy atom. The molecule has 0 aromatic heterocycles. The van der Waals surface area contributed by atoms with Crippen molar-refractivity contribution in [3.8, 4) is 5.75 Å². The number of carbonyl (C=O) groups is 3. The third kappa shape index (κ3) is 4.47. The summed E-state index contributed by atoms with van der Waals surface area (Å²) in [5, 5.41) is 11.5. The number of nitrogens with one attached hydrogen (secondary N) is 1. The Labute approximate surface area is 140 Å². The molecule has 1 fully saturated rings. The fourth-order valence-corrected chi connectivity index (χ4v) is 2.67. The Hall–Kier alpha value is -2.57. The predicted octanol–water partition coefficient (Wildman–Crippen LogP) is 1.20. The van der Waals surface area contributed by atoms with Crippen molar-refractivity contribution in [2.75, 3.05) is 19.7 Å². The van der Waals surface area contributed by atoms with Crippen LogP contribution in [0.2, 0.25) is 0 Å². The number of amides is 2. The highest BCUT2D eigenvalue weighted by Gasteiger charge is 2.33. The average molecular weight is 334 g/mol. The van der Waals surface area contributed by atoms with Gasteiger partial charge in [0.2, 0.25) is 11.8 Å². The lowest BCUT2D eigenvalue weighted by Gasteiger charge is -2.18. The number of likely N-dealkylation sites (tertiary alicyclic amines) is 1. The van der Waals surface area contributed by atoms with Gasteiger partial charge in [0, 0.05) is 19.5 Å². The van der Waals surface area contributed by atoms with E-state index in [9.17, 15) is 14.4 Å². The second kappa shape index (κ2) is 7.81. The number of benzene rings is 1. The zero-order valence-electron chi connectivity index (χ0n) is 13.8. The van der Waals surface area contributed by atoms with Gasteiger partial charge in [0.25, 0.3) is 0 Å². The molecule has 1 aliphatic heterocycles. The van der Waals surface area contributed by atoms with Crippen molar-refractivity contribution in [3.63, 3.8) is 0 Å². The van der Waals surface area contributed by atoms with Gasteiger partial charge >= 0.3 is 5.97 Å². The van der Waals surface area contributed by atoms with E-state index in [1.54, 1.807) is 29.2 Å². The maximum Gasteiger partial charge on any atom is 0.341 e. The molecule has 0 bridgehead atoms. The van der Waals surface area contributed by atoms with E-state index in [0.717, 1.165) is 5.56 Å². The molecule has 1 aromatic rings. The van der Waals surface area contributed by atoms with E-state index in [1.165, 1.54) is 0 Å². The first-order chi connectivity index (χ1) is 11.4. The number of hydrogen-bond acceptors (Lipinski definition) is 4. The average Bonchev–Trinajstić information content (AvgIpc) is 2.94. The van der Waals surface area contributed by atoms with Gasteiger partial charge in [-0.05, 0) is 31.5 Å². The zero-order valence-corrected chi connectivity index (χ0v) is 13.8. The molecule has 130 valence electrons.